The van der Waals surface area contributed by atoms with Crippen LogP contribution in [0.1, 0.15) is 66.7 Å². The lowest BCUT2D eigenvalue weighted by Crippen LogP contribution is -2.34. The molecule has 0 saturated heterocycles. The quantitative estimate of drug-likeness (QED) is 0.721. The molecule has 1 fully saturated rings. The topological polar surface area (TPSA) is 12.0 Å². The lowest BCUT2D eigenvalue weighted by molar-refractivity contribution is 0.159. The van der Waals surface area contributed by atoms with Crippen LogP contribution in [0.25, 0.3) is 0 Å². The van der Waals surface area contributed by atoms with E-state index in [4.69, 9.17) is 0 Å². The molecule has 1 rings (SSSR count). The molecular formula is C16H33N. The van der Waals surface area contributed by atoms with Gasteiger partial charge in [0.1, 0.15) is 0 Å². The molecule has 1 nitrogen and oxygen atoms in total. The SMILES string of the molecule is CCC1CCCC(C(C)C(C)CNC(C)C)C1. The second-order valence-electron chi connectivity index (χ2n) is 6.60. The predicted octanol–water partition coefficient (Wildman–Crippen LogP) is 4.47. The summed E-state index contributed by atoms with van der Waals surface area (Å²) in [4.78, 5) is 0. The molecule has 0 spiro atoms. The Kier molecular flexibility index (Phi) is 6.54. The Hall–Kier alpha value is -0.0400. The molecule has 1 aliphatic rings. The van der Waals surface area contributed by atoms with Crippen molar-refractivity contribution in [2.45, 2.75) is 72.8 Å². The molecule has 0 aromatic heterocycles. The van der Waals surface area contributed by atoms with Gasteiger partial charge < -0.3 is 5.32 Å². The Balaban J connectivity index is 2.36. The average Bonchev–Trinajstić information content (AvgIpc) is 2.35. The van der Waals surface area contributed by atoms with E-state index in [0.717, 1.165) is 23.7 Å². The van der Waals surface area contributed by atoms with Crippen LogP contribution in [0, 0.1) is 23.7 Å². The standard InChI is InChI=1S/C16H33N/c1-6-15-8-7-9-16(10-15)14(5)13(4)11-17-12(2)3/h12-17H,6-11H2,1-5H3. The van der Waals surface area contributed by atoms with E-state index in [1.807, 2.05) is 0 Å². The van der Waals surface area contributed by atoms with Gasteiger partial charge in [0.25, 0.3) is 0 Å². The smallest absolute Gasteiger partial charge is 0.00104 e. The first-order chi connectivity index (χ1) is 8.04. The van der Waals surface area contributed by atoms with Gasteiger partial charge in [-0.2, -0.15) is 0 Å². The Morgan fingerprint density at radius 3 is 2.41 bits per heavy atom. The zero-order valence-corrected chi connectivity index (χ0v) is 12.6. The fourth-order valence-electron chi connectivity index (χ4n) is 3.25. The number of nitrogens with one attached hydrogen (secondary N) is 1. The molecule has 1 saturated carbocycles. The minimum Gasteiger partial charge on any atom is -0.314 e. The van der Waals surface area contributed by atoms with E-state index in [2.05, 4.69) is 39.9 Å². The molecular weight excluding hydrogens is 206 g/mol. The molecule has 0 aromatic carbocycles. The first-order valence-corrected chi connectivity index (χ1v) is 7.77. The first kappa shape index (κ1) is 15.0. The maximum Gasteiger partial charge on any atom is 0.00104 e. The third-order valence-corrected chi connectivity index (χ3v) is 4.89. The third kappa shape index (κ3) is 4.99. The molecule has 4 atom stereocenters. The first-order valence-electron chi connectivity index (χ1n) is 7.77. The van der Waals surface area contributed by atoms with Crippen LogP contribution in [0.5, 0.6) is 0 Å². The lowest BCUT2D eigenvalue weighted by Gasteiger charge is -2.35. The summed E-state index contributed by atoms with van der Waals surface area (Å²) in [5.74, 6) is 3.70. The Labute approximate surface area is 109 Å². The second kappa shape index (κ2) is 7.41. The largest absolute Gasteiger partial charge is 0.314 e. The maximum absolute atomic E-state index is 3.59. The third-order valence-electron chi connectivity index (χ3n) is 4.89. The van der Waals surface area contributed by atoms with Crippen LogP contribution < -0.4 is 5.32 Å². The Bertz CT molecular complexity index is 200. The van der Waals surface area contributed by atoms with Gasteiger partial charge in [-0.15, -0.1) is 0 Å². The molecule has 17 heavy (non-hydrogen) atoms. The van der Waals surface area contributed by atoms with Gasteiger partial charge in [0.05, 0.1) is 0 Å². The lowest BCUT2D eigenvalue weighted by atomic mass is 9.71. The van der Waals surface area contributed by atoms with Gasteiger partial charge in [-0.05, 0) is 36.6 Å². The summed E-state index contributed by atoms with van der Waals surface area (Å²) in [6, 6.07) is 0.624. The van der Waals surface area contributed by atoms with Crippen LogP contribution in [0.2, 0.25) is 0 Å². The van der Waals surface area contributed by atoms with Crippen LogP contribution >= 0.6 is 0 Å². The van der Waals surface area contributed by atoms with Gasteiger partial charge in [0.2, 0.25) is 0 Å². The summed E-state index contributed by atoms with van der Waals surface area (Å²) in [6.07, 6.45) is 7.31. The summed E-state index contributed by atoms with van der Waals surface area (Å²) in [6.45, 7) is 12.9. The van der Waals surface area contributed by atoms with E-state index in [1.165, 1.54) is 38.6 Å². The average molecular weight is 239 g/mol. The van der Waals surface area contributed by atoms with Gasteiger partial charge in [-0.25, -0.2) is 0 Å². The minimum absolute atomic E-state index is 0.624. The van der Waals surface area contributed by atoms with E-state index in [-0.39, 0.29) is 0 Å². The molecule has 1 N–H and O–H groups in total. The van der Waals surface area contributed by atoms with E-state index in [9.17, 15) is 0 Å². The van der Waals surface area contributed by atoms with Crippen molar-refractivity contribution in [3.8, 4) is 0 Å². The van der Waals surface area contributed by atoms with Gasteiger partial charge in [-0.3, -0.25) is 0 Å². The summed E-state index contributed by atoms with van der Waals surface area (Å²) in [5, 5.41) is 3.59. The highest BCUT2D eigenvalue weighted by Crippen LogP contribution is 2.37. The molecule has 1 aliphatic carbocycles. The van der Waals surface area contributed by atoms with Gasteiger partial charge >= 0.3 is 0 Å². The van der Waals surface area contributed by atoms with E-state index >= 15 is 0 Å². The van der Waals surface area contributed by atoms with Gasteiger partial charge in [0, 0.05) is 6.04 Å². The molecule has 0 radical (unpaired) electrons. The summed E-state index contributed by atoms with van der Waals surface area (Å²) >= 11 is 0. The molecule has 4 unspecified atom stereocenters. The molecule has 102 valence electrons. The summed E-state index contributed by atoms with van der Waals surface area (Å²) < 4.78 is 0. The van der Waals surface area contributed by atoms with Crippen LogP contribution in [-0.2, 0) is 0 Å². The van der Waals surface area contributed by atoms with Crippen molar-refractivity contribution in [3.05, 3.63) is 0 Å². The highest BCUT2D eigenvalue weighted by atomic mass is 14.9. The predicted molar refractivity (Wildman–Crippen MR) is 77.2 cm³/mol. The normalized spacial score (nSPS) is 29.3. The molecule has 0 amide bonds. The molecule has 0 aromatic rings. The monoisotopic (exact) mass is 239 g/mol. The van der Waals surface area contributed by atoms with Crippen LogP contribution in [0.15, 0.2) is 0 Å². The van der Waals surface area contributed by atoms with Crippen molar-refractivity contribution in [2.24, 2.45) is 23.7 Å². The van der Waals surface area contributed by atoms with E-state index in [0.29, 0.717) is 6.04 Å². The highest BCUT2D eigenvalue weighted by molar-refractivity contribution is 4.79. The van der Waals surface area contributed by atoms with Gasteiger partial charge in [-0.1, -0.05) is 60.3 Å². The second-order valence-corrected chi connectivity index (χ2v) is 6.60. The molecule has 0 heterocycles. The van der Waals surface area contributed by atoms with Crippen molar-refractivity contribution in [3.63, 3.8) is 0 Å². The van der Waals surface area contributed by atoms with E-state index in [1.54, 1.807) is 0 Å². The van der Waals surface area contributed by atoms with E-state index < -0.39 is 0 Å². The van der Waals surface area contributed by atoms with Crippen molar-refractivity contribution in [1.82, 2.24) is 5.32 Å². The summed E-state index contributed by atoms with van der Waals surface area (Å²) in [7, 11) is 0. The number of hydrogen-bond acceptors (Lipinski definition) is 1. The fraction of sp³-hybridized carbons (Fsp3) is 1.00. The van der Waals surface area contributed by atoms with Crippen molar-refractivity contribution >= 4 is 0 Å². The van der Waals surface area contributed by atoms with Crippen LogP contribution in [-0.4, -0.2) is 12.6 Å². The summed E-state index contributed by atoms with van der Waals surface area (Å²) in [5.41, 5.74) is 0. The fourth-order valence-corrected chi connectivity index (χ4v) is 3.25. The van der Waals surface area contributed by atoms with Crippen LogP contribution in [0.3, 0.4) is 0 Å². The van der Waals surface area contributed by atoms with Crippen molar-refractivity contribution < 1.29 is 0 Å². The highest BCUT2D eigenvalue weighted by Gasteiger charge is 2.27. The van der Waals surface area contributed by atoms with Crippen molar-refractivity contribution in [2.75, 3.05) is 6.54 Å². The molecule has 0 aliphatic heterocycles. The number of hydrogen-bond donors (Lipinski definition) is 1. The zero-order valence-electron chi connectivity index (χ0n) is 12.6. The zero-order chi connectivity index (χ0) is 12.8. The molecule has 0 bridgehead atoms. The number of rotatable bonds is 6. The van der Waals surface area contributed by atoms with Crippen LogP contribution in [0.4, 0.5) is 0 Å². The van der Waals surface area contributed by atoms with Crippen molar-refractivity contribution in [1.29, 1.82) is 0 Å². The maximum atomic E-state index is 3.59. The Morgan fingerprint density at radius 1 is 1.12 bits per heavy atom. The Morgan fingerprint density at radius 2 is 1.82 bits per heavy atom. The van der Waals surface area contributed by atoms with Gasteiger partial charge in [0.15, 0.2) is 0 Å². The molecule has 1 heteroatoms. The minimum atomic E-state index is 0.624.